The summed E-state index contributed by atoms with van der Waals surface area (Å²) in [6.07, 6.45) is 1.70. The van der Waals surface area contributed by atoms with Crippen molar-refractivity contribution in [3.63, 3.8) is 0 Å². The van der Waals surface area contributed by atoms with Crippen molar-refractivity contribution in [1.29, 1.82) is 0 Å². The standard InChI is InChI=1S/C25H26N2O3/c1-5-16-27-18(4)22(17(3)23(27)25(29)30-6-2)24(28)26-21-15-11-10-14-20(21)19-12-8-7-9-13-19/h5,7-15H,1,6,16H2,2-4H3,(H,26,28). The van der Waals surface area contributed by atoms with Crippen molar-refractivity contribution in [2.24, 2.45) is 0 Å². The molecular formula is C25H26N2O3. The average molecular weight is 402 g/mol. The number of anilines is 1. The monoisotopic (exact) mass is 402 g/mol. The highest BCUT2D eigenvalue weighted by Gasteiger charge is 2.27. The summed E-state index contributed by atoms with van der Waals surface area (Å²) >= 11 is 0. The molecule has 1 heterocycles. The molecule has 1 amide bonds. The molecule has 30 heavy (non-hydrogen) atoms. The van der Waals surface area contributed by atoms with Crippen LogP contribution in [-0.2, 0) is 11.3 Å². The molecule has 2 aromatic carbocycles. The van der Waals surface area contributed by atoms with E-state index in [-0.39, 0.29) is 12.5 Å². The predicted octanol–water partition coefficient (Wildman–Crippen LogP) is 5.39. The van der Waals surface area contributed by atoms with Gasteiger partial charge in [-0.1, -0.05) is 54.6 Å². The molecule has 0 saturated carbocycles. The van der Waals surface area contributed by atoms with Crippen LogP contribution in [0, 0.1) is 13.8 Å². The molecule has 0 radical (unpaired) electrons. The molecule has 3 rings (SSSR count). The van der Waals surface area contributed by atoms with Gasteiger partial charge in [-0.2, -0.15) is 0 Å². The van der Waals surface area contributed by atoms with Gasteiger partial charge in [0, 0.05) is 23.5 Å². The molecule has 0 aliphatic carbocycles. The number of allylic oxidation sites excluding steroid dienone is 1. The number of amides is 1. The SMILES string of the molecule is C=CCn1c(C)c(C(=O)Nc2ccccc2-c2ccccc2)c(C)c1C(=O)OCC. The zero-order chi connectivity index (χ0) is 21.7. The van der Waals surface area contributed by atoms with E-state index in [4.69, 9.17) is 4.74 Å². The minimum atomic E-state index is -0.441. The number of para-hydroxylation sites is 1. The molecule has 0 fully saturated rings. The summed E-state index contributed by atoms with van der Waals surface area (Å²) < 4.78 is 6.99. The van der Waals surface area contributed by atoms with Gasteiger partial charge in [0.1, 0.15) is 5.69 Å². The van der Waals surface area contributed by atoms with Crippen LogP contribution in [-0.4, -0.2) is 23.1 Å². The molecule has 0 atom stereocenters. The Labute approximate surface area is 177 Å². The molecule has 0 bridgehead atoms. The molecule has 5 heteroatoms. The third kappa shape index (κ3) is 4.06. The molecule has 154 valence electrons. The number of nitrogens with zero attached hydrogens (tertiary/aromatic N) is 1. The average Bonchev–Trinajstić information content (AvgIpc) is 2.99. The fourth-order valence-corrected chi connectivity index (χ4v) is 3.70. The number of rotatable bonds is 7. The number of carbonyl (C=O) groups excluding carboxylic acids is 2. The largest absolute Gasteiger partial charge is 0.461 e. The van der Waals surface area contributed by atoms with E-state index in [0.717, 1.165) is 11.1 Å². The van der Waals surface area contributed by atoms with Crippen LogP contribution in [0.2, 0.25) is 0 Å². The lowest BCUT2D eigenvalue weighted by Gasteiger charge is -2.12. The van der Waals surface area contributed by atoms with Crippen LogP contribution < -0.4 is 5.32 Å². The van der Waals surface area contributed by atoms with Gasteiger partial charge in [-0.3, -0.25) is 4.79 Å². The van der Waals surface area contributed by atoms with E-state index in [1.54, 1.807) is 24.5 Å². The Morgan fingerprint density at radius 1 is 1.07 bits per heavy atom. The van der Waals surface area contributed by atoms with E-state index >= 15 is 0 Å². The van der Waals surface area contributed by atoms with Gasteiger partial charge in [0.2, 0.25) is 0 Å². The summed E-state index contributed by atoms with van der Waals surface area (Å²) in [5.74, 6) is -0.703. The molecule has 0 aliphatic rings. The Bertz CT molecular complexity index is 1080. The van der Waals surface area contributed by atoms with E-state index in [0.29, 0.717) is 34.7 Å². The van der Waals surface area contributed by atoms with Crippen LogP contribution in [0.15, 0.2) is 67.3 Å². The van der Waals surface area contributed by atoms with Gasteiger partial charge in [0.25, 0.3) is 5.91 Å². The second-order valence-corrected chi connectivity index (χ2v) is 6.92. The van der Waals surface area contributed by atoms with Gasteiger partial charge in [-0.25, -0.2) is 4.79 Å². The first-order valence-corrected chi connectivity index (χ1v) is 9.93. The van der Waals surface area contributed by atoms with E-state index in [9.17, 15) is 9.59 Å². The summed E-state index contributed by atoms with van der Waals surface area (Å²) in [5.41, 5.74) is 4.81. The van der Waals surface area contributed by atoms with E-state index < -0.39 is 5.97 Å². The normalized spacial score (nSPS) is 10.5. The highest BCUT2D eigenvalue weighted by Crippen LogP contribution is 2.30. The summed E-state index contributed by atoms with van der Waals surface area (Å²) in [4.78, 5) is 25.8. The van der Waals surface area contributed by atoms with Gasteiger partial charge in [0.05, 0.1) is 12.2 Å². The van der Waals surface area contributed by atoms with E-state index in [1.807, 2.05) is 61.5 Å². The number of benzene rings is 2. The second kappa shape index (κ2) is 9.27. The van der Waals surface area contributed by atoms with Gasteiger partial charge in [-0.05, 0) is 38.0 Å². The first-order valence-electron chi connectivity index (χ1n) is 9.93. The molecule has 5 nitrogen and oxygen atoms in total. The fourth-order valence-electron chi connectivity index (χ4n) is 3.70. The number of esters is 1. The van der Waals surface area contributed by atoms with Crippen molar-refractivity contribution in [2.75, 3.05) is 11.9 Å². The quantitative estimate of drug-likeness (QED) is 0.426. The number of hydrogen-bond donors (Lipinski definition) is 1. The summed E-state index contributed by atoms with van der Waals surface area (Å²) in [6.45, 7) is 9.81. The Kier molecular flexibility index (Phi) is 6.52. The number of ether oxygens (including phenoxy) is 1. The van der Waals surface area contributed by atoms with Crippen molar-refractivity contribution < 1.29 is 14.3 Å². The highest BCUT2D eigenvalue weighted by molar-refractivity contribution is 6.09. The van der Waals surface area contributed by atoms with Crippen molar-refractivity contribution in [3.05, 3.63) is 89.8 Å². The third-order valence-electron chi connectivity index (χ3n) is 5.03. The lowest BCUT2D eigenvalue weighted by Crippen LogP contribution is -2.15. The van der Waals surface area contributed by atoms with Crippen LogP contribution in [0.3, 0.4) is 0 Å². The molecule has 1 aromatic heterocycles. The minimum absolute atomic E-state index is 0.262. The molecule has 0 unspecified atom stereocenters. The van der Waals surface area contributed by atoms with E-state index in [2.05, 4.69) is 11.9 Å². The predicted molar refractivity (Wildman–Crippen MR) is 120 cm³/mol. The van der Waals surface area contributed by atoms with Crippen LogP contribution in [0.5, 0.6) is 0 Å². The maximum atomic E-state index is 13.3. The van der Waals surface area contributed by atoms with Gasteiger partial charge in [-0.15, -0.1) is 6.58 Å². The van der Waals surface area contributed by atoms with Crippen LogP contribution >= 0.6 is 0 Å². The lowest BCUT2D eigenvalue weighted by molar-refractivity contribution is 0.0513. The Morgan fingerprint density at radius 2 is 1.73 bits per heavy atom. The molecular weight excluding hydrogens is 376 g/mol. The fraction of sp³-hybridized carbons (Fsp3) is 0.200. The van der Waals surface area contributed by atoms with E-state index in [1.165, 1.54) is 0 Å². The van der Waals surface area contributed by atoms with Gasteiger partial charge >= 0.3 is 5.97 Å². The number of hydrogen-bond acceptors (Lipinski definition) is 3. The number of aromatic nitrogens is 1. The smallest absolute Gasteiger partial charge is 0.355 e. The number of carbonyl (C=O) groups is 2. The van der Waals surface area contributed by atoms with Crippen molar-refractivity contribution in [1.82, 2.24) is 4.57 Å². The molecule has 1 N–H and O–H groups in total. The summed E-state index contributed by atoms with van der Waals surface area (Å²) in [6, 6.07) is 17.5. The first kappa shape index (κ1) is 21.1. The van der Waals surface area contributed by atoms with Crippen molar-refractivity contribution in [3.8, 4) is 11.1 Å². The lowest BCUT2D eigenvalue weighted by atomic mass is 10.0. The Morgan fingerprint density at radius 3 is 2.40 bits per heavy atom. The molecule has 3 aromatic rings. The molecule has 0 saturated heterocycles. The topological polar surface area (TPSA) is 60.3 Å². The first-order chi connectivity index (χ1) is 14.5. The third-order valence-corrected chi connectivity index (χ3v) is 5.03. The highest BCUT2D eigenvalue weighted by atomic mass is 16.5. The minimum Gasteiger partial charge on any atom is -0.461 e. The zero-order valence-electron chi connectivity index (χ0n) is 17.6. The van der Waals surface area contributed by atoms with Crippen molar-refractivity contribution in [2.45, 2.75) is 27.3 Å². The van der Waals surface area contributed by atoms with Crippen LogP contribution in [0.4, 0.5) is 5.69 Å². The number of nitrogens with one attached hydrogen (secondary N) is 1. The zero-order valence-corrected chi connectivity index (χ0v) is 17.6. The Balaban J connectivity index is 2.02. The summed E-state index contributed by atoms with van der Waals surface area (Å²) in [5, 5.41) is 3.03. The van der Waals surface area contributed by atoms with Crippen LogP contribution in [0.25, 0.3) is 11.1 Å². The molecule has 0 aliphatic heterocycles. The summed E-state index contributed by atoms with van der Waals surface area (Å²) in [7, 11) is 0. The van der Waals surface area contributed by atoms with Gasteiger partial charge < -0.3 is 14.6 Å². The maximum Gasteiger partial charge on any atom is 0.355 e. The van der Waals surface area contributed by atoms with Gasteiger partial charge in [0.15, 0.2) is 0 Å². The maximum absolute atomic E-state index is 13.3. The van der Waals surface area contributed by atoms with Crippen molar-refractivity contribution >= 4 is 17.6 Å². The van der Waals surface area contributed by atoms with Crippen LogP contribution in [0.1, 0.15) is 39.0 Å². The second-order valence-electron chi connectivity index (χ2n) is 6.92. The Hall–Kier alpha value is -3.60. The molecule has 0 spiro atoms.